The van der Waals surface area contributed by atoms with E-state index in [1.807, 2.05) is 0 Å². The predicted octanol–water partition coefficient (Wildman–Crippen LogP) is 10.2. The van der Waals surface area contributed by atoms with Gasteiger partial charge in [0.05, 0.1) is 5.60 Å². The van der Waals surface area contributed by atoms with E-state index in [4.69, 9.17) is 8.92 Å². The van der Waals surface area contributed by atoms with E-state index in [2.05, 4.69) is 12.1 Å². The Morgan fingerprint density at radius 1 is 0.585 bits per heavy atom. The van der Waals surface area contributed by atoms with Crippen molar-refractivity contribution in [3.05, 3.63) is 52.1 Å². The van der Waals surface area contributed by atoms with Crippen LogP contribution in [0.3, 0.4) is 0 Å². The first-order valence-corrected chi connectivity index (χ1v) is 22.6. The molecule has 7 aliphatic rings. The quantitative estimate of drug-likeness (QED) is 0.108. The van der Waals surface area contributed by atoms with Gasteiger partial charge in [0.15, 0.2) is 17.4 Å². The monoisotopic (exact) mass is 781 g/mol. The normalized spacial score (nSPS) is 30.2. The van der Waals surface area contributed by atoms with Crippen LogP contribution in [0.2, 0.25) is 0 Å². The molecule has 2 aromatic rings. The summed E-state index contributed by atoms with van der Waals surface area (Å²) in [6.07, 6.45) is 17.6. The van der Waals surface area contributed by atoms with E-state index in [9.17, 15) is 21.8 Å². The van der Waals surface area contributed by atoms with Crippen molar-refractivity contribution in [3.63, 3.8) is 0 Å². The molecule has 7 nitrogen and oxygen atoms in total. The van der Waals surface area contributed by atoms with Crippen LogP contribution in [-0.2, 0) is 24.4 Å². The molecule has 2 aromatic carbocycles. The molecule has 0 N–H and O–H groups in total. The Balaban J connectivity index is 1.19. The Kier molecular flexibility index (Phi) is 10.0. The van der Waals surface area contributed by atoms with Crippen LogP contribution < -0.4 is 4.74 Å². The fourth-order valence-electron chi connectivity index (χ4n) is 11.8. The lowest BCUT2D eigenvalue weighted by atomic mass is 9.52. The molecule has 53 heavy (non-hydrogen) atoms. The van der Waals surface area contributed by atoms with Crippen LogP contribution >= 0.6 is 0 Å². The lowest BCUT2D eigenvalue weighted by Crippen LogP contribution is -2.62. The van der Waals surface area contributed by atoms with Crippen LogP contribution in [0.5, 0.6) is 5.75 Å². The third-order valence-electron chi connectivity index (χ3n) is 13.6. The van der Waals surface area contributed by atoms with Crippen LogP contribution in [-0.4, -0.2) is 32.6 Å². The second-order valence-corrected chi connectivity index (χ2v) is 20.2. The van der Waals surface area contributed by atoms with Crippen molar-refractivity contribution in [3.8, 4) is 5.75 Å². The molecule has 0 spiro atoms. The van der Waals surface area contributed by atoms with E-state index in [1.165, 1.54) is 12.0 Å². The summed E-state index contributed by atoms with van der Waals surface area (Å²) in [4.78, 5) is -1.94. The second-order valence-electron chi connectivity index (χ2n) is 17.4. The molecule has 2 atom stereocenters. The molecule has 0 radical (unpaired) electrons. The Labute approximate surface area is 310 Å². The zero-order valence-electron chi connectivity index (χ0n) is 30.1. The number of benzene rings is 2. The fraction of sp³-hybridized carbons (Fsp3) is 0.700. The molecule has 292 valence electrons. The Morgan fingerprint density at radius 3 is 1.47 bits per heavy atom. The van der Waals surface area contributed by atoms with Crippen molar-refractivity contribution in [2.45, 2.75) is 174 Å². The maximum absolute atomic E-state index is 15.3. The molecule has 0 aliphatic heterocycles. The van der Waals surface area contributed by atoms with Gasteiger partial charge in [-0.2, -0.15) is 17.2 Å². The van der Waals surface area contributed by atoms with Gasteiger partial charge in [-0.25, -0.2) is 17.2 Å². The first-order chi connectivity index (χ1) is 25.2. The van der Waals surface area contributed by atoms with Crippen LogP contribution in [0.1, 0.15) is 169 Å². The first-order valence-electron chi connectivity index (χ1n) is 19.8. The van der Waals surface area contributed by atoms with Gasteiger partial charge in [0.25, 0.3) is 10.1 Å². The van der Waals surface area contributed by atoms with Crippen molar-refractivity contribution in [2.75, 3.05) is 0 Å². The maximum Gasteiger partial charge on any atom is 0.298 e. The van der Waals surface area contributed by atoms with E-state index in [0.29, 0.717) is 30.1 Å². The minimum Gasteiger partial charge on any atom is -0.744 e. The summed E-state index contributed by atoms with van der Waals surface area (Å²) in [5, 5.41) is 0. The van der Waals surface area contributed by atoms with Gasteiger partial charge >= 0.3 is 0 Å². The van der Waals surface area contributed by atoms with Gasteiger partial charge in [0.1, 0.15) is 25.5 Å². The fourth-order valence-corrected chi connectivity index (χ4v) is 14.2. The highest BCUT2D eigenvalue weighted by Crippen LogP contribution is 2.61. The molecule has 0 amide bonds. The molecule has 2 unspecified atom stereocenters. The molecular weight excluding hydrogens is 733 g/mol. The molecule has 9 rings (SSSR count). The third-order valence-corrected chi connectivity index (χ3v) is 16.0. The minimum atomic E-state index is -5.89. The van der Waals surface area contributed by atoms with Crippen molar-refractivity contribution >= 4 is 20.2 Å². The highest BCUT2D eigenvalue weighted by molar-refractivity contribution is 7.87. The Bertz CT molecular complexity index is 1880. The van der Waals surface area contributed by atoms with Crippen molar-refractivity contribution in [2.24, 2.45) is 11.8 Å². The Morgan fingerprint density at radius 2 is 1.02 bits per heavy atom. The maximum atomic E-state index is 15.3. The predicted molar refractivity (Wildman–Crippen MR) is 187 cm³/mol. The van der Waals surface area contributed by atoms with Crippen LogP contribution in [0.4, 0.5) is 17.6 Å². The number of rotatable bonds is 9. The number of hydrogen-bond donors (Lipinski definition) is 0. The summed E-state index contributed by atoms with van der Waals surface area (Å²) in [5.41, 5.74) is 0.272. The highest BCUT2D eigenvalue weighted by atomic mass is 32.2. The summed E-state index contributed by atoms with van der Waals surface area (Å²) in [6.45, 7) is 0. The molecular formula is C40H49F4O7S2-. The van der Waals surface area contributed by atoms with Gasteiger partial charge in [0, 0.05) is 6.42 Å². The zero-order chi connectivity index (χ0) is 37.3. The van der Waals surface area contributed by atoms with Gasteiger partial charge in [-0.1, -0.05) is 69.9 Å². The van der Waals surface area contributed by atoms with E-state index in [0.717, 1.165) is 101 Å². The summed E-state index contributed by atoms with van der Waals surface area (Å²) in [6, 6.07) is 4.36. The number of ether oxygens (including phenoxy) is 1. The average Bonchev–Trinajstić information content (AvgIpc) is 3.11. The molecule has 4 bridgehead atoms. The summed E-state index contributed by atoms with van der Waals surface area (Å²) >= 11 is 0. The lowest BCUT2D eigenvalue weighted by molar-refractivity contribution is -0.177. The van der Waals surface area contributed by atoms with Crippen LogP contribution in [0, 0.1) is 35.1 Å². The van der Waals surface area contributed by atoms with E-state index in [1.54, 1.807) is 0 Å². The van der Waals surface area contributed by atoms with Gasteiger partial charge in [0.2, 0.25) is 11.6 Å². The van der Waals surface area contributed by atoms with Crippen molar-refractivity contribution in [1.29, 1.82) is 0 Å². The first kappa shape index (κ1) is 37.7. The van der Waals surface area contributed by atoms with Crippen molar-refractivity contribution in [1.82, 2.24) is 0 Å². The zero-order valence-corrected chi connectivity index (χ0v) is 31.7. The van der Waals surface area contributed by atoms with E-state index >= 15 is 17.2 Å². The average molecular weight is 782 g/mol. The summed E-state index contributed by atoms with van der Waals surface area (Å²) in [5.74, 6) is -10.1. The van der Waals surface area contributed by atoms with E-state index < -0.39 is 65.4 Å². The van der Waals surface area contributed by atoms with Gasteiger partial charge in [-0.15, -0.1) is 0 Å². The van der Waals surface area contributed by atoms with Crippen molar-refractivity contribution < 1.29 is 47.9 Å². The molecule has 7 saturated carbocycles. The smallest absolute Gasteiger partial charge is 0.298 e. The van der Waals surface area contributed by atoms with E-state index in [-0.39, 0.29) is 42.9 Å². The third kappa shape index (κ3) is 7.07. The molecule has 0 heterocycles. The summed E-state index contributed by atoms with van der Waals surface area (Å²) in [7, 11) is -10.3. The highest BCUT2D eigenvalue weighted by Gasteiger charge is 2.62. The minimum absolute atomic E-state index is 0.0886. The van der Waals surface area contributed by atoms with Gasteiger partial charge in [-0.05, 0) is 117 Å². The van der Waals surface area contributed by atoms with Crippen LogP contribution in [0.25, 0.3) is 0 Å². The SMILES string of the molecule is O=S(=O)([O-])c1c(F)c(F)c(OC23CC4CC(C2)CC(OS(=O)(=O)c2c(C5CCCCC5)cc(C5CCCCC5)cc2C2CCCCC2)(C4)C3)c(F)c1F. The molecule has 0 aromatic heterocycles. The standard InChI is InChI=1S/C40H50F4O7S2/c41-32-34(43)38(52(45,46)47)35(44)33(42)36(32)50-39-19-24-16-25(20-39)22-40(21-24,23-39)51-53(48,49)37-30(27-12-6-2-7-13-27)17-29(26-10-4-1-5-11-26)18-31(37)28-14-8-3-9-15-28/h17-18,24-28H,1-16,19-23H2,(H,45,46,47)/p-1. The second kappa shape index (κ2) is 14.1. The molecule has 13 heteroatoms. The lowest BCUT2D eigenvalue weighted by Gasteiger charge is -2.60. The molecule has 7 fully saturated rings. The number of hydrogen-bond acceptors (Lipinski definition) is 7. The van der Waals surface area contributed by atoms with Crippen LogP contribution in [0.15, 0.2) is 21.9 Å². The number of halogens is 4. The topological polar surface area (TPSA) is 110 Å². The largest absolute Gasteiger partial charge is 0.744 e. The van der Waals surface area contributed by atoms with Gasteiger partial charge in [-0.3, -0.25) is 4.18 Å². The molecule has 0 saturated heterocycles. The Hall–Kier alpha value is -2.22. The summed E-state index contributed by atoms with van der Waals surface area (Å²) < 4.78 is 137. The van der Waals surface area contributed by atoms with Gasteiger partial charge < -0.3 is 9.29 Å². The molecule has 7 aliphatic carbocycles.